The number of methoxy groups -OCH3 is 1. The summed E-state index contributed by atoms with van der Waals surface area (Å²) in [5, 5.41) is 3.56. The van der Waals surface area contributed by atoms with E-state index in [0.717, 1.165) is 18.8 Å². The van der Waals surface area contributed by atoms with Crippen LogP contribution < -0.4 is 10.1 Å². The maximum atomic E-state index is 6.45. The van der Waals surface area contributed by atoms with Crippen LogP contribution in [0.4, 0.5) is 0 Å². The van der Waals surface area contributed by atoms with Crippen LogP contribution in [0.1, 0.15) is 42.9 Å². The molecule has 2 aliphatic rings. The molecule has 104 valence electrons. The largest absolute Gasteiger partial charge is 0.496 e. The molecule has 0 aromatic heterocycles. The van der Waals surface area contributed by atoms with E-state index in [0.29, 0.717) is 0 Å². The van der Waals surface area contributed by atoms with E-state index in [1.807, 2.05) is 6.07 Å². The van der Waals surface area contributed by atoms with Crippen molar-refractivity contribution in [3.63, 3.8) is 0 Å². The van der Waals surface area contributed by atoms with Crippen molar-refractivity contribution in [3.8, 4) is 5.75 Å². The summed E-state index contributed by atoms with van der Waals surface area (Å²) in [6.45, 7) is 4.01. The van der Waals surface area contributed by atoms with Crippen molar-refractivity contribution < 1.29 is 9.47 Å². The van der Waals surface area contributed by atoms with E-state index in [-0.39, 0.29) is 11.7 Å². The van der Waals surface area contributed by atoms with Crippen LogP contribution in [-0.4, -0.2) is 25.8 Å². The van der Waals surface area contributed by atoms with E-state index in [2.05, 4.69) is 24.4 Å². The van der Waals surface area contributed by atoms with Gasteiger partial charge in [-0.15, -0.1) is 0 Å². The summed E-state index contributed by atoms with van der Waals surface area (Å²) in [7, 11) is 1.72. The van der Waals surface area contributed by atoms with Gasteiger partial charge in [-0.2, -0.15) is 0 Å². The minimum absolute atomic E-state index is 0.0940. The highest BCUT2D eigenvalue weighted by Crippen LogP contribution is 2.39. The zero-order valence-corrected chi connectivity index (χ0v) is 11.9. The molecule has 0 bridgehead atoms. The van der Waals surface area contributed by atoms with Crippen molar-refractivity contribution in [2.24, 2.45) is 0 Å². The van der Waals surface area contributed by atoms with Crippen LogP contribution in [0.5, 0.6) is 5.75 Å². The molecular weight excluding hydrogens is 238 g/mol. The SMILES string of the molecule is COc1ccc(C2CNCC3(CCCC3)O2)cc1C. The molecule has 1 saturated heterocycles. The molecule has 1 aromatic rings. The van der Waals surface area contributed by atoms with E-state index in [1.54, 1.807) is 7.11 Å². The quantitative estimate of drug-likeness (QED) is 0.888. The number of morpholine rings is 1. The Labute approximate surface area is 115 Å². The lowest BCUT2D eigenvalue weighted by Crippen LogP contribution is -2.49. The van der Waals surface area contributed by atoms with Crippen molar-refractivity contribution in [3.05, 3.63) is 29.3 Å². The minimum atomic E-state index is 0.0940. The first kappa shape index (κ1) is 12.9. The zero-order chi connectivity index (χ0) is 13.3. The summed E-state index contributed by atoms with van der Waals surface area (Å²) in [6.07, 6.45) is 5.18. The Morgan fingerprint density at radius 3 is 2.79 bits per heavy atom. The van der Waals surface area contributed by atoms with Crippen LogP contribution in [-0.2, 0) is 4.74 Å². The number of hydrogen-bond donors (Lipinski definition) is 1. The Morgan fingerprint density at radius 1 is 1.32 bits per heavy atom. The summed E-state index contributed by atoms with van der Waals surface area (Å²) in [4.78, 5) is 0. The molecule has 2 fully saturated rings. The van der Waals surface area contributed by atoms with Crippen molar-refractivity contribution in [2.75, 3.05) is 20.2 Å². The molecule has 3 nitrogen and oxygen atoms in total. The second-order valence-corrected chi connectivity index (χ2v) is 5.86. The minimum Gasteiger partial charge on any atom is -0.496 e. The van der Waals surface area contributed by atoms with Crippen LogP contribution in [0.15, 0.2) is 18.2 Å². The molecule has 19 heavy (non-hydrogen) atoms. The van der Waals surface area contributed by atoms with Gasteiger partial charge in [0.1, 0.15) is 5.75 Å². The highest BCUT2D eigenvalue weighted by molar-refractivity contribution is 5.37. The van der Waals surface area contributed by atoms with Crippen molar-refractivity contribution >= 4 is 0 Å². The van der Waals surface area contributed by atoms with Crippen molar-refractivity contribution in [1.29, 1.82) is 0 Å². The predicted octanol–water partition coefficient (Wildman–Crippen LogP) is 2.98. The summed E-state index contributed by atoms with van der Waals surface area (Å²) in [5.41, 5.74) is 2.53. The van der Waals surface area contributed by atoms with E-state index in [1.165, 1.54) is 36.8 Å². The normalized spacial score (nSPS) is 25.7. The molecular formula is C16H23NO2. The molecule has 1 saturated carbocycles. The van der Waals surface area contributed by atoms with Crippen LogP contribution in [0.25, 0.3) is 0 Å². The molecule has 1 heterocycles. The third-order valence-electron chi connectivity index (χ3n) is 4.47. The molecule has 3 heteroatoms. The maximum absolute atomic E-state index is 6.45. The number of hydrogen-bond acceptors (Lipinski definition) is 3. The fraction of sp³-hybridized carbons (Fsp3) is 0.625. The molecule has 0 amide bonds. The first-order valence-electron chi connectivity index (χ1n) is 7.25. The Balaban J connectivity index is 1.79. The molecule has 1 spiro atoms. The van der Waals surface area contributed by atoms with Gasteiger partial charge in [-0.3, -0.25) is 0 Å². The van der Waals surface area contributed by atoms with Crippen LogP contribution >= 0.6 is 0 Å². The number of aryl methyl sites for hydroxylation is 1. The van der Waals surface area contributed by atoms with Gasteiger partial charge in [-0.1, -0.05) is 18.9 Å². The van der Waals surface area contributed by atoms with Gasteiger partial charge >= 0.3 is 0 Å². The molecule has 1 aromatic carbocycles. The monoisotopic (exact) mass is 261 g/mol. The van der Waals surface area contributed by atoms with Crippen LogP contribution in [0.2, 0.25) is 0 Å². The maximum Gasteiger partial charge on any atom is 0.121 e. The summed E-state index contributed by atoms with van der Waals surface area (Å²) in [5.74, 6) is 0.947. The fourth-order valence-corrected chi connectivity index (χ4v) is 3.42. The summed E-state index contributed by atoms with van der Waals surface area (Å²) >= 11 is 0. The average molecular weight is 261 g/mol. The molecule has 1 aliphatic carbocycles. The second kappa shape index (κ2) is 5.14. The van der Waals surface area contributed by atoms with Gasteiger partial charge < -0.3 is 14.8 Å². The highest BCUT2D eigenvalue weighted by atomic mass is 16.5. The van der Waals surface area contributed by atoms with Crippen LogP contribution in [0, 0.1) is 6.92 Å². The van der Waals surface area contributed by atoms with Gasteiger partial charge in [0, 0.05) is 13.1 Å². The first-order chi connectivity index (χ1) is 9.22. The number of benzene rings is 1. The van der Waals surface area contributed by atoms with Gasteiger partial charge in [0.15, 0.2) is 0 Å². The van der Waals surface area contributed by atoms with Gasteiger partial charge in [0.25, 0.3) is 0 Å². The molecule has 3 rings (SSSR count). The van der Waals surface area contributed by atoms with Gasteiger partial charge in [0.05, 0.1) is 18.8 Å². The fourth-order valence-electron chi connectivity index (χ4n) is 3.42. The second-order valence-electron chi connectivity index (χ2n) is 5.86. The zero-order valence-electron chi connectivity index (χ0n) is 11.9. The Kier molecular flexibility index (Phi) is 3.50. The lowest BCUT2D eigenvalue weighted by atomic mass is 9.97. The summed E-state index contributed by atoms with van der Waals surface area (Å²) < 4.78 is 11.8. The number of nitrogens with one attached hydrogen (secondary N) is 1. The van der Waals surface area contributed by atoms with E-state index in [4.69, 9.17) is 9.47 Å². The van der Waals surface area contributed by atoms with Crippen molar-refractivity contribution in [1.82, 2.24) is 5.32 Å². The van der Waals surface area contributed by atoms with E-state index >= 15 is 0 Å². The Morgan fingerprint density at radius 2 is 2.11 bits per heavy atom. The molecule has 0 radical (unpaired) electrons. The van der Waals surface area contributed by atoms with Gasteiger partial charge in [-0.05, 0) is 43.0 Å². The third-order valence-corrected chi connectivity index (χ3v) is 4.47. The van der Waals surface area contributed by atoms with Crippen molar-refractivity contribution in [2.45, 2.75) is 44.3 Å². The number of ether oxygens (including phenoxy) is 2. The Hall–Kier alpha value is -1.06. The Bertz CT molecular complexity index is 452. The average Bonchev–Trinajstić information content (AvgIpc) is 2.86. The number of rotatable bonds is 2. The van der Waals surface area contributed by atoms with E-state index in [9.17, 15) is 0 Å². The van der Waals surface area contributed by atoms with Gasteiger partial charge in [0.2, 0.25) is 0 Å². The molecule has 1 N–H and O–H groups in total. The molecule has 1 unspecified atom stereocenters. The van der Waals surface area contributed by atoms with Crippen LogP contribution in [0.3, 0.4) is 0 Å². The predicted molar refractivity (Wildman–Crippen MR) is 75.6 cm³/mol. The lowest BCUT2D eigenvalue weighted by Gasteiger charge is -2.39. The van der Waals surface area contributed by atoms with E-state index < -0.39 is 0 Å². The molecule has 1 atom stereocenters. The standard InChI is InChI=1S/C16H23NO2/c1-12-9-13(5-6-14(12)18-2)15-10-17-11-16(19-15)7-3-4-8-16/h5-6,9,15,17H,3-4,7-8,10-11H2,1-2H3. The van der Waals surface area contributed by atoms with Gasteiger partial charge in [-0.25, -0.2) is 0 Å². The smallest absolute Gasteiger partial charge is 0.121 e. The highest BCUT2D eigenvalue weighted by Gasteiger charge is 2.40. The third kappa shape index (κ3) is 2.49. The summed E-state index contributed by atoms with van der Waals surface area (Å²) in [6, 6.07) is 6.37. The topological polar surface area (TPSA) is 30.5 Å². The first-order valence-corrected chi connectivity index (χ1v) is 7.25. The molecule has 1 aliphatic heterocycles. The lowest BCUT2D eigenvalue weighted by molar-refractivity contribution is -0.114.